The summed E-state index contributed by atoms with van der Waals surface area (Å²) >= 11 is 0. The number of para-hydroxylation sites is 1. The van der Waals surface area contributed by atoms with Gasteiger partial charge in [-0.1, -0.05) is 18.2 Å². The Morgan fingerprint density at radius 2 is 2.16 bits per heavy atom. The number of aromatic nitrogens is 2. The van der Waals surface area contributed by atoms with Crippen LogP contribution in [0.1, 0.15) is 19.5 Å². The van der Waals surface area contributed by atoms with Gasteiger partial charge in [-0.05, 0) is 19.9 Å². The summed E-state index contributed by atoms with van der Waals surface area (Å²) in [4.78, 5) is 0. The van der Waals surface area contributed by atoms with Gasteiger partial charge in [0.2, 0.25) is 0 Å². The monoisotopic (exact) mass is 279 g/mol. The van der Waals surface area contributed by atoms with E-state index in [1.54, 1.807) is 6.26 Å². The first kappa shape index (κ1) is 14.2. The van der Waals surface area contributed by atoms with E-state index in [4.69, 9.17) is 0 Å². The number of nitrogens with one attached hydrogen (secondary N) is 1. The molecule has 0 bridgehead atoms. The Morgan fingerprint density at radius 1 is 1.42 bits per heavy atom. The Balaban J connectivity index is 2.14. The highest BCUT2D eigenvalue weighted by Crippen LogP contribution is 2.18. The molecule has 0 aliphatic heterocycles. The maximum Gasteiger partial charge on any atom is 0.0841 e. The fraction of sp³-hybridized carbons (Fsp3) is 0.500. The summed E-state index contributed by atoms with van der Waals surface area (Å²) in [5.41, 5.74) is 2.24. The number of nitrogens with zero attached hydrogens (tertiary/aromatic N) is 2. The van der Waals surface area contributed by atoms with Gasteiger partial charge >= 0.3 is 0 Å². The lowest BCUT2D eigenvalue weighted by Crippen LogP contribution is -2.30. The van der Waals surface area contributed by atoms with Gasteiger partial charge in [-0.25, -0.2) is 0 Å². The summed E-state index contributed by atoms with van der Waals surface area (Å²) in [7, 11) is -0.765. The lowest BCUT2D eigenvalue weighted by Gasteiger charge is -2.10. The maximum absolute atomic E-state index is 11.2. The van der Waals surface area contributed by atoms with E-state index in [0.717, 1.165) is 12.2 Å². The molecule has 2 unspecified atom stereocenters. The van der Waals surface area contributed by atoms with Gasteiger partial charge < -0.3 is 5.32 Å². The second-order valence-corrected chi connectivity index (χ2v) is 6.28. The molecule has 4 nitrogen and oxygen atoms in total. The van der Waals surface area contributed by atoms with Crippen LogP contribution < -0.4 is 5.32 Å². The quantitative estimate of drug-likeness (QED) is 0.878. The molecule has 2 atom stereocenters. The molecular formula is C14H21N3OS. The third-order valence-electron chi connectivity index (χ3n) is 3.14. The van der Waals surface area contributed by atoms with E-state index >= 15 is 0 Å². The van der Waals surface area contributed by atoms with E-state index in [0.29, 0.717) is 12.3 Å². The van der Waals surface area contributed by atoms with Crippen LogP contribution in [0.4, 0.5) is 0 Å². The van der Waals surface area contributed by atoms with Gasteiger partial charge in [-0.3, -0.25) is 8.89 Å². The number of fused-ring (bicyclic) bond motifs is 1. The summed E-state index contributed by atoms with van der Waals surface area (Å²) in [6.45, 7) is 5.74. The number of aryl methyl sites for hydroxylation is 1. The summed E-state index contributed by atoms with van der Waals surface area (Å²) in [5, 5.41) is 9.22. The highest BCUT2D eigenvalue weighted by Gasteiger charge is 2.10. The van der Waals surface area contributed by atoms with Gasteiger partial charge in [0.25, 0.3) is 0 Å². The molecule has 2 rings (SSSR count). The van der Waals surface area contributed by atoms with Crippen molar-refractivity contribution in [3.05, 3.63) is 30.0 Å². The third kappa shape index (κ3) is 3.42. The predicted molar refractivity (Wildman–Crippen MR) is 80.6 cm³/mol. The minimum absolute atomic E-state index is 0.233. The molecule has 0 amide bonds. The fourth-order valence-electron chi connectivity index (χ4n) is 2.25. The molecule has 19 heavy (non-hydrogen) atoms. The number of hydrogen-bond acceptors (Lipinski definition) is 3. The van der Waals surface area contributed by atoms with Crippen LogP contribution in [-0.4, -0.2) is 32.0 Å². The van der Waals surface area contributed by atoms with Crippen molar-refractivity contribution in [1.29, 1.82) is 0 Å². The standard InChI is InChI=1S/C14H21N3OS/c1-4-17-14-8-6-5-7-12(14)13(16-17)9-15-11(2)10-19(3)18/h5-8,11,15H,4,9-10H2,1-3H3. The van der Waals surface area contributed by atoms with E-state index in [1.165, 1.54) is 10.9 Å². The van der Waals surface area contributed by atoms with Crippen molar-refractivity contribution in [2.75, 3.05) is 12.0 Å². The normalized spacial score (nSPS) is 14.7. The molecule has 0 aliphatic carbocycles. The maximum atomic E-state index is 11.2. The molecule has 1 N–H and O–H groups in total. The van der Waals surface area contributed by atoms with Crippen molar-refractivity contribution in [3.8, 4) is 0 Å². The SMILES string of the molecule is CCn1nc(CNC(C)CS(C)=O)c2ccccc21. The van der Waals surface area contributed by atoms with Gasteiger partial charge in [-0.15, -0.1) is 0 Å². The van der Waals surface area contributed by atoms with Crippen molar-refractivity contribution in [2.24, 2.45) is 0 Å². The van der Waals surface area contributed by atoms with Gasteiger partial charge in [0.1, 0.15) is 0 Å². The Labute approximate surface area is 116 Å². The molecule has 0 saturated carbocycles. The zero-order chi connectivity index (χ0) is 13.8. The van der Waals surface area contributed by atoms with Crippen LogP contribution in [-0.2, 0) is 23.9 Å². The molecule has 1 aromatic heterocycles. The van der Waals surface area contributed by atoms with E-state index in [2.05, 4.69) is 36.4 Å². The van der Waals surface area contributed by atoms with Gasteiger partial charge in [-0.2, -0.15) is 5.10 Å². The van der Waals surface area contributed by atoms with E-state index < -0.39 is 10.8 Å². The van der Waals surface area contributed by atoms with Gasteiger partial charge in [0, 0.05) is 47.3 Å². The Kier molecular flexibility index (Phi) is 4.71. The molecule has 2 aromatic rings. The molecule has 0 radical (unpaired) electrons. The van der Waals surface area contributed by atoms with Crippen molar-refractivity contribution in [3.63, 3.8) is 0 Å². The summed E-state index contributed by atoms with van der Waals surface area (Å²) < 4.78 is 13.2. The topological polar surface area (TPSA) is 46.9 Å². The Morgan fingerprint density at radius 3 is 2.84 bits per heavy atom. The highest BCUT2D eigenvalue weighted by molar-refractivity contribution is 7.84. The minimum atomic E-state index is -0.765. The first-order valence-corrected chi connectivity index (χ1v) is 8.32. The molecule has 0 spiro atoms. The van der Waals surface area contributed by atoms with Crippen LogP contribution in [0.25, 0.3) is 10.9 Å². The van der Waals surface area contributed by atoms with Crippen LogP contribution in [0.3, 0.4) is 0 Å². The second-order valence-electron chi connectivity index (χ2n) is 4.80. The first-order chi connectivity index (χ1) is 9.11. The number of hydrogen-bond donors (Lipinski definition) is 1. The highest BCUT2D eigenvalue weighted by atomic mass is 32.2. The largest absolute Gasteiger partial charge is 0.308 e. The lowest BCUT2D eigenvalue weighted by molar-refractivity contribution is 0.570. The fourth-order valence-corrected chi connectivity index (χ4v) is 3.07. The molecule has 1 heterocycles. The first-order valence-electron chi connectivity index (χ1n) is 6.59. The Bertz CT molecular complexity index is 579. The third-order valence-corrected chi connectivity index (χ3v) is 4.11. The van der Waals surface area contributed by atoms with Crippen LogP contribution >= 0.6 is 0 Å². The zero-order valence-electron chi connectivity index (χ0n) is 11.7. The van der Waals surface area contributed by atoms with Crippen molar-refractivity contribution in [1.82, 2.24) is 15.1 Å². The number of rotatable bonds is 6. The molecule has 104 valence electrons. The molecule has 0 aliphatic rings. The van der Waals surface area contributed by atoms with Crippen molar-refractivity contribution in [2.45, 2.75) is 33.0 Å². The summed E-state index contributed by atoms with van der Waals surface area (Å²) in [6.07, 6.45) is 1.74. The van der Waals surface area contributed by atoms with E-state index in [9.17, 15) is 4.21 Å². The second kappa shape index (κ2) is 6.30. The van der Waals surface area contributed by atoms with Crippen LogP contribution in [0.2, 0.25) is 0 Å². The van der Waals surface area contributed by atoms with E-state index in [1.807, 2.05) is 16.8 Å². The van der Waals surface area contributed by atoms with Crippen LogP contribution in [0.15, 0.2) is 24.3 Å². The molecule has 0 fully saturated rings. The average molecular weight is 279 g/mol. The lowest BCUT2D eigenvalue weighted by atomic mass is 10.2. The van der Waals surface area contributed by atoms with Gasteiger partial charge in [0.15, 0.2) is 0 Å². The van der Waals surface area contributed by atoms with E-state index in [-0.39, 0.29) is 6.04 Å². The molecule has 1 aromatic carbocycles. The zero-order valence-corrected chi connectivity index (χ0v) is 12.5. The van der Waals surface area contributed by atoms with Crippen molar-refractivity contribution < 1.29 is 4.21 Å². The minimum Gasteiger partial charge on any atom is -0.308 e. The summed E-state index contributed by atoms with van der Waals surface area (Å²) in [6, 6.07) is 8.51. The smallest absolute Gasteiger partial charge is 0.0841 e. The Hall–Kier alpha value is -1.20. The van der Waals surface area contributed by atoms with Gasteiger partial charge in [0.05, 0.1) is 11.2 Å². The predicted octanol–water partition coefficient (Wildman–Crippen LogP) is 1.91. The van der Waals surface area contributed by atoms with Crippen LogP contribution in [0.5, 0.6) is 0 Å². The molecule has 0 saturated heterocycles. The van der Waals surface area contributed by atoms with Crippen molar-refractivity contribution >= 4 is 21.7 Å². The molecular weight excluding hydrogens is 258 g/mol. The average Bonchev–Trinajstić information content (AvgIpc) is 2.74. The van der Waals surface area contributed by atoms with Crippen LogP contribution in [0, 0.1) is 0 Å². The molecule has 5 heteroatoms. The number of benzene rings is 1. The summed E-state index contributed by atoms with van der Waals surface area (Å²) in [5.74, 6) is 0.673.